The zero-order valence-electron chi connectivity index (χ0n) is 12.4. The molecule has 0 aliphatic heterocycles. The summed E-state index contributed by atoms with van der Waals surface area (Å²) >= 11 is 0. The second-order valence-electron chi connectivity index (χ2n) is 5.62. The second kappa shape index (κ2) is 5.73. The topological polar surface area (TPSA) is 72.2 Å². The number of rotatable bonds is 2. The van der Waals surface area contributed by atoms with Crippen molar-refractivity contribution in [2.75, 3.05) is 0 Å². The molecule has 2 atom stereocenters. The maximum Gasteiger partial charge on any atom is 0.237 e. The fourth-order valence-corrected chi connectivity index (χ4v) is 2.83. The van der Waals surface area contributed by atoms with Gasteiger partial charge in [0.1, 0.15) is 6.04 Å². The van der Waals surface area contributed by atoms with Gasteiger partial charge in [-0.1, -0.05) is 48.5 Å². The Bertz CT molecular complexity index is 737. The number of hydrogen-bond acceptors (Lipinski definition) is 3. The quantitative estimate of drug-likeness (QED) is 0.889. The molecule has 112 valence electrons. The van der Waals surface area contributed by atoms with E-state index in [1.165, 1.54) is 0 Å². The molecule has 3 N–H and O–H groups in total. The minimum Gasteiger partial charge on any atom is -0.341 e. The third-order valence-corrected chi connectivity index (χ3v) is 3.97. The highest BCUT2D eigenvalue weighted by molar-refractivity contribution is 5.97. The Morgan fingerprint density at radius 1 is 1.14 bits per heavy atom. The summed E-state index contributed by atoms with van der Waals surface area (Å²) in [4.78, 5) is 24.6. The molecule has 0 fully saturated rings. The third kappa shape index (κ3) is 2.53. The molecule has 1 aliphatic carbocycles. The largest absolute Gasteiger partial charge is 0.341 e. The summed E-state index contributed by atoms with van der Waals surface area (Å²) in [5.74, 6) is -0.342. The summed E-state index contributed by atoms with van der Waals surface area (Å²) in [7, 11) is 0. The van der Waals surface area contributed by atoms with Gasteiger partial charge in [0.15, 0.2) is 5.78 Å². The number of carbonyl (C=O) groups is 2. The molecule has 2 aromatic rings. The van der Waals surface area contributed by atoms with E-state index in [0.29, 0.717) is 6.42 Å². The Balaban J connectivity index is 2.11. The van der Waals surface area contributed by atoms with Crippen LogP contribution in [0.5, 0.6) is 0 Å². The fraction of sp³-hybridized carbons (Fsp3) is 0.222. The van der Waals surface area contributed by atoms with E-state index >= 15 is 0 Å². The number of Topliss-reactive ketones (excluding diaryl/α,β-unsaturated/α-hetero) is 1. The molecule has 3 rings (SSSR count). The Morgan fingerprint density at radius 2 is 1.77 bits per heavy atom. The van der Waals surface area contributed by atoms with Gasteiger partial charge in [0.25, 0.3) is 0 Å². The van der Waals surface area contributed by atoms with Crippen molar-refractivity contribution in [1.29, 1.82) is 0 Å². The SMILES string of the molecule is C[C@H](N)C(=O)NC1C(=O)Cc2ccccc2-c2ccccc21. The van der Waals surface area contributed by atoms with Crippen LogP contribution in [0, 0.1) is 0 Å². The van der Waals surface area contributed by atoms with Crippen molar-refractivity contribution in [3.63, 3.8) is 0 Å². The van der Waals surface area contributed by atoms with Crippen LogP contribution >= 0.6 is 0 Å². The van der Waals surface area contributed by atoms with Crippen LogP contribution in [-0.4, -0.2) is 17.7 Å². The van der Waals surface area contributed by atoms with Gasteiger partial charge in [-0.05, 0) is 29.2 Å². The number of fused-ring (bicyclic) bond motifs is 3. The molecule has 22 heavy (non-hydrogen) atoms. The van der Waals surface area contributed by atoms with Crippen molar-refractivity contribution < 1.29 is 9.59 Å². The van der Waals surface area contributed by atoms with Gasteiger partial charge < -0.3 is 11.1 Å². The van der Waals surface area contributed by atoms with Crippen LogP contribution in [0.4, 0.5) is 0 Å². The Labute approximate surface area is 129 Å². The first-order valence-corrected chi connectivity index (χ1v) is 7.34. The summed E-state index contributed by atoms with van der Waals surface area (Å²) in [6, 6.07) is 14.3. The molecule has 0 saturated heterocycles. The van der Waals surface area contributed by atoms with Crippen molar-refractivity contribution in [3.8, 4) is 11.1 Å². The minimum atomic E-state index is -0.651. The number of nitrogens with two attached hydrogens (primary N) is 1. The standard InChI is InChI=1S/C18H18N2O2/c1-11(19)18(22)20-17-15-9-5-4-8-14(15)13-7-3-2-6-12(13)10-16(17)21/h2-9,11,17H,10,19H2,1H3,(H,20,22)/t11-,17?/m0/s1. The third-order valence-electron chi connectivity index (χ3n) is 3.97. The summed E-state index contributed by atoms with van der Waals surface area (Å²) in [6.07, 6.45) is 0.300. The molecule has 0 aromatic heterocycles. The lowest BCUT2D eigenvalue weighted by Gasteiger charge is -2.19. The van der Waals surface area contributed by atoms with Crippen LogP contribution < -0.4 is 11.1 Å². The lowest BCUT2D eigenvalue weighted by atomic mass is 9.95. The molecular formula is C18H18N2O2. The fourth-order valence-electron chi connectivity index (χ4n) is 2.83. The maximum atomic E-state index is 12.6. The lowest BCUT2D eigenvalue weighted by molar-refractivity contribution is -0.128. The number of ketones is 1. The number of nitrogens with one attached hydrogen (secondary N) is 1. The molecule has 4 heteroatoms. The van der Waals surface area contributed by atoms with Crippen molar-refractivity contribution in [2.24, 2.45) is 5.73 Å². The van der Waals surface area contributed by atoms with E-state index in [-0.39, 0.29) is 11.7 Å². The van der Waals surface area contributed by atoms with E-state index in [4.69, 9.17) is 5.73 Å². The van der Waals surface area contributed by atoms with Crippen LogP contribution in [0.15, 0.2) is 48.5 Å². The van der Waals surface area contributed by atoms with E-state index in [0.717, 1.165) is 22.3 Å². The van der Waals surface area contributed by atoms with E-state index < -0.39 is 12.1 Å². The van der Waals surface area contributed by atoms with Crippen LogP contribution in [0.3, 0.4) is 0 Å². The Morgan fingerprint density at radius 3 is 2.50 bits per heavy atom. The van der Waals surface area contributed by atoms with Crippen LogP contribution in [0.25, 0.3) is 11.1 Å². The normalized spacial score (nSPS) is 17.9. The Kier molecular flexibility index (Phi) is 3.77. The average molecular weight is 294 g/mol. The zero-order chi connectivity index (χ0) is 15.7. The molecule has 2 aromatic carbocycles. The monoisotopic (exact) mass is 294 g/mol. The number of hydrogen-bond donors (Lipinski definition) is 2. The highest BCUT2D eigenvalue weighted by Crippen LogP contribution is 2.35. The molecular weight excluding hydrogens is 276 g/mol. The summed E-state index contributed by atoms with van der Waals surface area (Å²) in [6.45, 7) is 1.61. The van der Waals surface area contributed by atoms with Gasteiger partial charge >= 0.3 is 0 Å². The van der Waals surface area contributed by atoms with Crippen LogP contribution in [0.2, 0.25) is 0 Å². The summed E-state index contributed by atoms with van der Waals surface area (Å²) in [5, 5.41) is 2.79. The first-order valence-electron chi connectivity index (χ1n) is 7.34. The zero-order valence-corrected chi connectivity index (χ0v) is 12.4. The van der Waals surface area contributed by atoms with Crippen molar-refractivity contribution in [1.82, 2.24) is 5.32 Å². The van der Waals surface area contributed by atoms with Gasteiger partial charge in [-0.3, -0.25) is 9.59 Å². The maximum absolute atomic E-state index is 12.6. The van der Waals surface area contributed by atoms with Crippen LogP contribution in [-0.2, 0) is 16.0 Å². The number of amides is 1. The van der Waals surface area contributed by atoms with Crippen LogP contribution in [0.1, 0.15) is 24.1 Å². The van der Waals surface area contributed by atoms with E-state index in [1.54, 1.807) is 6.92 Å². The highest BCUT2D eigenvalue weighted by Gasteiger charge is 2.30. The van der Waals surface area contributed by atoms with Gasteiger partial charge in [0.05, 0.1) is 6.04 Å². The Hall–Kier alpha value is -2.46. The smallest absolute Gasteiger partial charge is 0.237 e. The predicted molar refractivity (Wildman–Crippen MR) is 85.1 cm³/mol. The number of carbonyl (C=O) groups excluding carboxylic acids is 2. The van der Waals surface area contributed by atoms with Gasteiger partial charge in [-0.2, -0.15) is 0 Å². The minimum absolute atomic E-state index is 0.0219. The highest BCUT2D eigenvalue weighted by atomic mass is 16.2. The van der Waals surface area contributed by atoms with E-state index in [9.17, 15) is 9.59 Å². The lowest BCUT2D eigenvalue weighted by Crippen LogP contribution is -2.42. The van der Waals surface area contributed by atoms with Gasteiger partial charge in [-0.25, -0.2) is 0 Å². The molecule has 1 amide bonds. The first-order chi connectivity index (χ1) is 10.6. The summed E-state index contributed by atoms with van der Waals surface area (Å²) in [5.41, 5.74) is 9.46. The molecule has 0 saturated carbocycles. The average Bonchev–Trinajstić information content (AvgIpc) is 2.63. The van der Waals surface area contributed by atoms with Gasteiger partial charge in [0.2, 0.25) is 5.91 Å². The van der Waals surface area contributed by atoms with E-state index in [1.807, 2.05) is 48.5 Å². The first kappa shape index (κ1) is 14.5. The molecule has 0 radical (unpaired) electrons. The second-order valence-corrected chi connectivity index (χ2v) is 5.62. The predicted octanol–water partition coefficient (Wildman–Crippen LogP) is 1.98. The molecule has 1 aliphatic rings. The van der Waals surface area contributed by atoms with Gasteiger partial charge in [-0.15, -0.1) is 0 Å². The van der Waals surface area contributed by atoms with Gasteiger partial charge in [0, 0.05) is 6.42 Å². The van der Waals surface area contributed by atoms with E-state index in [2.05, 4.69) is 5.32 Å². The molecule has 0 bridgehead atoms. The van der Waals surface area contributed by atoms with Crippen molar-refractivity contribution in [2.45, 2.75) is 25.4 Å². The summed E-state index contributed by atoms with van der Waals surface area (Å²) < 4.78 is 0. The van der Waals surface area contributed by atoms with Crippen molar-refractivity contribution in [3.05, 3.63) is 59.7 Å². The van der Waals surface area contributed by atoms with Crippen molar-refractivity contribution >= 4 is 11.7 Å². The molecule has 4 nitrogen and oxygen atoms in total. The molecule has 0 spiro atoms. The molecule has 1 unspecified atom stereocenters. The number of benzene rings is 2. The molecule has 0 heterocycles.